The van der Waals surface area contributed by atoms with Crippen molar-refractivity contribution in [1.29, 1.82) is 0 Å². The van der Waals surface area contributed by atoms with E-state index in [-0.39, 0.29) is 18.0 Å². The van der Waals surface area contributed by atoms with Crippen LogP contribution < -0.4 is 9.64 Å². The fraction of sp³-hybridized carbons (Fsp3) is 0.250. The molecule has 0 bridgehead atoms. The van der Waals surface area contributed by atoms with E-state index < -0.39 is 17.7 Å². The minimum absolute atomic E-state index is 0.167. The average Bonchev–Trinajstić information content (AvgIpc) is 3.13. The van der Waals surface area contributed by atoms with Gasteiger partial charge in [0.1, 0.15) is 10.8 Å². The number of Topliss-reactive ketones (excluding diaryl/α,β-unsaturated/α-hetero) is 1. The first-order valence-electron chi connectivity index (χ1n) is 7.35. The number of fused-ring (bicyclic) bond motifs is 2. The highest BCUT2D eigenvalue weighted by Gasteiger charge is 2.52. The van der Waals surface area contributed by atoms with Crippen LogP contribution in [0.4, 0.5) is 23.9 Å². The summed E-state index contributed by atoms with van der Waals surface area (Å²) in [6.07, 6.45) is -4.59. The van der Waals surface area contributed by atoms with E-state index in [0.717, 1.165) is 0 Å². The third kappa shape index (κ3) is 2.59. The average molecular weight is 368 g/mol. The highest BCUT2D eigenvalue weighted by atomic mass is 32.1. The lowest BCUT2D eigenvalue weighted by molar-refractivity contribution is -0.274. The number of benzene rings is 1. The number of amidine groups is 1. The molecule has 0 amide bonds. The summed E-state index contributed by atoms with van der Waals surface area (Å²) in [5, 5.41) is 13.0. The molecule has 1 unspecified atom stereocenters. The molecular formula is C16H11F3N2O3S. The molecule has 1 atom stereocenters. The smallest absolute Gasteiger partial charge is 0.406 e. The molecule has 0 spiro atoms. The van der Waals surface area contributed by atoms with Crippen LogP contribution in [0.5, 0.6) is 5.75 Å². The Labute approximate surface area is 144 Å². The molecule has 0 radical (unpaired) electrons. The lowest BCUT2D eigenvalue weighted by atomic mass is 9.90. The monoisotopic (exact) mass is 368 g/mol. The maximum atomic E-state index is 12.6. The van der Waals surface area contributed by atoms with Gasteiger partial charge >= 0.3 is 6.36 Å². The van der Waals surface area contributed by atoms with Crippen molar-refractivity contribution in [2.45, 2.75) is 18.4 Å². The molecule has 130 valence electrons. The van der Waals surface area contributed by atoms with Gasteiger partial charge in [-0.25, -0.2) is 4.99 Å². The van der Waals surface area contributed by atoms with Crippen LogP contribution in [0.3, 0.4) is 0 Å². The van der Waals surface area contributed by atoms with Crippen LogP contribution >= 0.6 is 11.3 Å². The summed E-state index contributed by atoms with van der Waals surface area (Å²) in [5.41, 5.74) is -0.779. The van der Waals surface area contributed by atoms with Crippen molar-refractivity contribution in [3.05, 3.63) is 41.3 Å². The van der Waals surface area contributed by atoms with E-state index in [0.29, 0.717) is 22.8 Å². The number of aliphatic hydroxyl groups is 1. The Morgan fingerprint density at radius 2 is 1.96 bits per heavy atom. The van der Waals surface area contributed by atoms with Crippen molar-refractivity contribution in [3.8, 4) is 5.75 Å². The first kappa shape index (κ1) is 16.1. The van der Waals surface area contributed by atoms with Crippen molar-refractivity contribution < 1.29 is 27.8 Å². The predicted molar refractivity (Wildman–Crippen MR) is 85.8 cm³/mol. The topological polar surface area (TPSA) is 62.1 Å². The van der Waals surface area contributed by atoms with Gasteiger partial charge < -0.3 is 14.7 Å². The maximum Gasteiger partial charge on any atom is 0.573 e. The number of halogens is 3. The van der Waals surface area contributed by atoms with Crippen molar-refractivity contribution >= 4 is 33.6 Å². The lowest BCUT2D eigenvalue weighted by Crippen LogP contribution is -2.48. The van der Waals surface area contributed by atoms with Gasteiger partial charge in [0.05, 0.1) is 5.56 Å². The zero-order chi connectivity index (χ0) is 17.8. The third-order valence-corrected chi connectivity index (χ3v) is 4.98. The second kappa shape index (κ2) is 5.30. The first-order chi connectivity index (χ1) is 11.8. The number of carbonyl (C=O) groups is 1. The third-order valence-electron chi connectivity index (χ3n) is 4.18. The quantitative estimate of drug-likeness (QED) is 0.881. The van der Waals surface area contributed by atoms with E-state index >= 15 is 0 Å². The van der Waals surface area contributed by atoms with Gasteiger partial charge in [0.15, 0.2) is 11.4 Å². The van der Waals surface area contributed by atoms with Gasteiger partial charge in [0, 0.05) is 18.7 Å². The first-order valence-corrected chi connectivity index (χ1v) is 8.23. The standard InChI is InChI=1S/C16H11F3N2O3S/c17-16(18,19)24-10-3-1-9(2-4-10)21-7-6-15(23)12(22)11-5-8-25-13(11)20-14(15)21/h1-5,8,23H,6-7H2. The lowest BCUT2D eigenvalue weighted by Gasteiger charge is -2.28. The fourth-order valence-corrected chi connectivity index (χ4v) is 3.80. The number of hydrogen-bond acceptors (Lipinski definition) is 6. The summed E-state index contributed by atoms with van der Waals surface area (Å²) in [6.45, 7) is 0.329. The minimum Gasteiger partial charge on any atom is -0.406 e. The SMILES string of the molecule is O=C1c2ccsc2N=C2N(c3ccc(OC(F)(F)F)cc3)CCC12O. The van der Waals surface area contributed by atoms with Crippen LogP contribution in [0.1, 0.15) is 16.8 Å². The summed E-state index contributed by atoms with van der Waals surface area (Å²) in [4.78, 5) is 18.6. The molecule has 1 aromatic carbocycles. The largest absolute Gasteiger partial charge is 0.573 e. The molecule has 0 saturated carbocycles. The van der Waals surface area contributed by atoms with Gasteiger partial charge in [-0.05, 0) is 35.7 Å². The highest BCUT2D eigenvalue weighted by molar-refractivity contribution is 7.14. The minimum atomic E-state index is -4.76. The number of aliphatic imine (C=N–C) groups is 1. The van der Waals surface area contributed by atoms with Gasteiger partial charge in [-0.1, -0.05) is 0 Å². The number of alkyl halides is 3. The number of ether oxygens (including phenoxy) is 1. The molecule has 0 aliphatic carbocycles. The van der Waals surface area contributed by atoms with Crippen LogP contribution in [0.25, 0.3) is 0 Å². The van der Waals surface area contributed by atoms with Crippen LogP contribution in [-0.2, 0) is 0 Å². The molecule has 2 aliphatic rings. The van der Waals surface area contributed by atoms with E-state index in [9.17, 15) is 23.1 Å². The second-order valence-corrected chi connectivity index (χ2v) is 6.60. The Morgan fingerprint density at radius 3 is 2.64 bits per heavy atom. The summed E-state index contributed by atoms with van der Waals surface area (Å²) < 4.78 is 40.6. The summed E-state index contributed by atoms with van der Waals surface area (Å²) >= 11 is 1.29. The summed E-state index contributed by atoms with van der Waals surface area (Å²) in [5.74, 6) is -0.530. The molecule has 25 heavy (non-hydrogen) atoms. The van der Waals surface area contributed by atoms with Crippen molar-refractivity contribution in [2.24, 2.45) is 4.99 Å². The van der Waals surface area contributed by atoms with Crippen LogP contribution in [0.15, 0.2) is 40.7 Å². The second-order valence-electron chi connectivity index (χ2n) is 5.71. The van der Waals surface area contributed by atoms with Gasteiger partial charge in [-0.15, -0.1) is 24.5 Å². The molecule has 5 nitrogen and oxygen atoms in total. The van der Waals surface area contributed by atoms with E-state index in [1.165, 1.54) is 35.6 Å². The molecule has 1 fully saturated rings. The Balaban J connectivity index is 1.68. The van der Waals surface area contributed by atoms with E-state index in [2.05, 4.69) is 9.73 Å². The van der Waals surface area contributed by atoms with Gasteiger partial charge in [-0.3, -0.25) is 4.79 Å². The molecule has 9 heteroatoms. The normalized spacial score (nSPS) is 22.5. The van der Waals surface area contributed by atoms with E-state index in [1.54, 1.807) is 16.3 Å². The molecule has 2 aromatic rings. The Bertz CT molecular complexity index is 875. The van der Waals surface area contributed by atoms with Gasteiger partial charge in [0.2, 0.25) is 5.78 Å². The predicted octanol–water partition coefficient (Wildman–Crippen LogP) is 3.51. The Kier molecular flexibility index (Phi) is 3.41. The molecule has 1 aromatic heterocycles. The van der Waals surface area contributed by atoms with Crippen LogP contribution in [0, 0.1) is 0 Å². The van der Waals surface area contributed by atoms with Crippen LogP contribution in [-0.4, -0.2) is 35.2 Å². The Morgan fingerprint density at radius 1 is 1.24 bits per heavy atom. The Hall–Kier alpha value is -2.39. The maximum absolute atomic E-state index is 12.6. The molecule has 4 rings (SSSR count). The zero-order valence-electron chi connectivity index (χ0n) is 12.6. The molecular weight excluding hydrogens is 357 g/mol. The molecule has 1 saturated heterocycles. The number of anilines is 1. The van der Waals surface area contributed by atoms with Crippen LogP contribution in [0.2, 0.25) is 0 Å². The van der Waals surface area contributed by atoms with Crippen molar-refractivity contribution in [1.82, 2.24) is 0 Å². The zero-order valence-corrected chi connectivity index (χ0v) is 13.4. The molecule has 3 heterocycles. The van der Waals surface area contributed by atoms with Crippen molar-refractivity contribution in [2.75, 3.05) is 11.4 Å². The van der Waals surface area contributed by atoms with Gasteiger partial charge in [0.25, 0.3) is 0 Å². The number of rotatable bonds is 2. The number of nitrogens with zero attached hydrogens (tertiary/aromatic N) is 2. The summed E-state index contributed by atoms with van der Waals surface area (Å²) in [7, 11) is 0. The molecule has 2 aliphatic heterocycles. The van der Waals surface area contributed by atoms with E-state index in [1.807, 2.05) is 0 Å². The number of ketones is 1. The number of thiophene rings is 1. The fourth-order valence-electron chi connectivity index (χ4n) is 3.04. The highest BCUT2D eigenvalue weighted by Crippen LogP contribution is 2.42. The number of hydrogen-bond donors (Lipinski definition) is 1. The molecule has 1 N–H and O–H groups in total. The van der Waals surface area contributed by atoms with E-state index in [4.69, 9.17) is 0 Å². The number of carbonyl (C=O) groups excluding carboxylic acids is 1. The summed E-state index contributed by atoms with van der Waals surface area (Å²) in [6, 6.07) is 6.87. The van der Waals surface area contributed by atoms with Crippen molar-refractivity contribution in [3.63, 3.8) is 0 Å². The van der Waals surface area contributed by atoms with Gasteiger partial charge in [-0.2, -0.15) is 0 Å².